The molecule has 2 fully saturated rings. The van der Waals surface area contributed by atoms with E-state index in [0.29, 0.717) is 11.7 Å². The minimum Gasteiger partial charge on any atom is -0.496 e. The molecule has 1 aliphatic heterocycles. The molecule has 1 heterocycles. The Kier molecular flexibility index (Phi) is 10.2. The lowest BCUT2D eigenvalue weighted by molar-refractivity contribution is -0.274. The van der Waals surface area contributed by atoms with Gasteiger partial charge in [-0.15, -0.1) is 38.0 Å². The van der Waals surface area contributed by atoms with Crippen molar-refractivity contribution in [1.82, 2.24) is 10.2 Å². The monoisotopic (exact) mass is 444 g/mol. The van der Waals surface area contributed by atoms with Gasteiger partial charge < -0.3 is 14.8 Å². The Labute approximate surface area is 177 Å². The van der Waals surface area contributed by atoms with Crippen LogP contribution in [0.5, 0.6) is 11.5 Å². The van der Waals surface area contributed by atoms with Crippen molar-refractivity contribution in [2.24, 2.45) is 5.92 Å². The predicted octanol–water partition coefficient (Wildman–Crippen LogP) is 4.96. The summed E-state index contributed by atoms with van der Waals surface area (Å²) < 4.78 is 47.2. The van der Waals surface area contributed by atoms with Gasteiger partial charge >= 0.3 is 6.36 Å². The van der Waals surface area contributed by atoms with Gasteiger partial charge in [0, 0.05) is 43.9 Å². The molecule has 28 heavy (non-hydrogen) atoms. The molecule has 1 aromatic rings. The minimum atomic E-state index is -4.70. The molecule has 0 radical (unpaired) electrons. The van der Waals surface area contributed by atoms with Gasteiger partial charge in [-0.3, -0.25) is 4.90 Å². The zero-order chi connectivity index (χ0) is 18.6. The number of alkyl halides is 3. The Morgan fingerprint density at radius 3 is 2.29 bits per heavy atom. The van der Waals surface area contributed by atoms with Crippen LogP contribution in [0.4, 0.5) is 13.2 Å². The SMILES string of the molecule is COc1cc(OC(F)(F)F)ccc1[C@H](C1CCCCC1)N1CCNCC1.Cl.Cl. The molecule has 1 atom stereocenters. The number of ether oxygens (including phenoxy) is 2. The summed E-state index contributed by atoms with van der Waals surface area (Å²) in [7, 11) is 1.51. The van der Waals surface area contributed by atoms with Gasteiger partial charge in [0.15, 0.2) is 0 Å². The van der Waals surface area contributed by atoms with E-state index in [1.165, 1.54) is 38.5 Å². The number of methoxy groups -OCH3 is 1. The van der Waals surface area contributed by atoms with E-state index in [2.05, 4.69) is 15.0 Å². The Balaban J connectivity index is 0.00000196. The van der Waals surface area contributed by atoms with Gasteiger partial charge in [-0.1, -0.05) is 25.3 Å². The average molecular weight is 445 g/mol. The normalized spacial score (nSPS) is 19.9. The van der Waals surface area contributed by atoms with E-state index in [4.69, 9.17) is 4.74 Å². The van der Waals surface area contributed by atoms with Crippen LogP contribution in [0.3, 0.4) is 0 Å². The van der Waals surface area contributed by atoms with Crippen molar-refractivity contribution in [3.63, 3.8) is 0 Å². The third-order valence-electron chi connectivity index (χ3n) is 5.40. The van der Waals surface area contributed by atoms with Crippen molar-refractivity contribution < 1.29 is 22.6 Å². The number of rotatable bonds is 5. The smallest absolute Gasteiger partial charge is 0.496 e. The minimum absolute atomic E-state index is 0. The zero-order valence-corrected chi connectivity index (χ0v) is 17.6. The first-order valence-electron chi connectivity index (χ1n) is 9.36. The summed E-state index contributed by atoms with van der Waals surface area (Å²) >= 11 is 0. The molecule has 4 nitrogen and oxygen atoms in total. The van der Waals surface area contributed by atoms with Crippen LogP contribution < -0.4 is 14.8 Å². The van der Waals surface area contributed by atoms with E-state index in [0.717, 1.165) is 44.6 Å². The van der Waals surface area contributed by atoms with Crippen molar-refractivity contribution >= 4 is 24.8 Å². The maximum atomic E-state index is 12.5. The van der Waals surface area contributed by atoms with Gasteiger partial charge in [-0.25, -0.2) is 0 Å². The second-order valence-electron chi connectivity index (χ2n) is 7.08. The predicted molar refractivity (Wildman–Crippen MR) is 108 cm³/mol. The molecule has 0 unspecified atom stereocenters. The summed E-state index contributed by atoms with van der Waals surface area (Å²) in [5.41, 5.74) is 0.968. The van der Waals surface area contributed by atoms with E-state index < -0.39 is 6.36 Å². The number of piperazine rings is 1. The maximum Gasteiger partial charge on any atom is 0.573 e. The number of halogens is 5. The summed E-state index contributed by atoms with van der Waals surface area (Å²) in [6.07, 6.45) is 1.29. The van der Waals surface area contributed by atoms with Gasteiger partial charge in [0.25, 0.3) is 0 Å². The Morgan fingerprint density at radius 1 is 1.07 bits per heavy atom. The number of hydrogen-bond acceptors (Lipinski definition) is 4. The van der Waals surface area contributed by atoms with E-state index in [1.54, 1.807) is 6.07 Å². The fraction of sp³-hybridized carbons (Fsp3) is 0.684. The van der Waals surface area contributed by atoms with Crippen LogP contribution in [-0.4, -0.2) is 44.6 Å². The molecule has 0 aromatic heterocycles. The standard InChI is InChI=1S/C19H27F3N2O2.2ClH/c1-25-17-13-15(26-19(20,21)22)7-8-16(17)18(14-5-3-2-4-6-14)24-11-9-23-10-12-24;;/h7-8,13-14,18,23H,2-6,9-12H2,1H3;2*1H/t18-;;/m0../s1. The topological polar surface area (TPSA) is 33.7 Å². The Morgan fingerprint density at radius 2 is 1.71 bits per heavy atom. The molecule has 2 aliphatic rings. The molecule has 0 spiro atoms. The lowest BCUT2D eigenvalue weighted by atomic mass is 9.80. The third-order valence-corrected chi connectivity index (χ3v) is 5.40. The van der Waals surface area contributed by atoms with Crippen molar-refractivity contribution in [1.29, 1.82) is 0 Å². The molecular formula is C19H29Cl2F3N2O2. The fourth-order valence-corrected chi connectivity index (χ4v) is 4.29. The summed E-state index contributed by atoms with van der Waals surface area (Å²) in [5.74, 6) is 0.742. The Bertz CT molecular complexity index is 575. The second-order valence-corrected chi connectivity index (χ2v) is 7.08. The molecular weight excluding hydrogens is 416 g/mol. The summed E-state index contributed by atoms with van der Waals surface area (Å²) in [6, 6.07) is 4.69. The zero-order valence-electron chi connectivity index (χ0n) is 16.0. The van der Waals surface area contributed by atoms with Gasteiger partial charge in [-0.2, -0.15) is 0 Å². The lowest BCUT2D eigenvalue weighted by Crippen LogP contribution is -2.47. The number of nitrogens with zero attached hydrogens (tertiary/aromatic N) is 1. The molecule has 1 N–H and O–H groups in total. The second kappa shape index (κ2) is 11.3. The van der Waals surface area contributed by atoms with E-state index >= 15 is 0 Å². The van der Waals surface area contributed by atoms with Gasteiger partial charge in [0.2, 0.25) is 0 Å². The molecule has 0 amide bonds. The van der Waals surface area contributed by atoms with E-state index in [9.17, 15) is 13.2 Å². The van der Waals surface area contributed by atoms with Gasteiger partial charge in [0.05, 0.1) is 7.11 Å². The quantitative estimate of drug-likeness (QED) is 0.695. The average Bonchev–Trinajstić information content (AvgIpc) is 2.63. The van der Waals surface area contributed by atoms with Crippen molar-refractivity contribution in [3.05, 3.63) is 23.8 Å². The van der Waals surface area contributed by atoms with Crippen LogP contribution in [0, 0.1) is 5.92 Å². The number of nitrogens with one attached hydrogen (secondary N) is 1. The third kappa shape index (κ3) is 6.58. The lowest BCUT2D eigenvalue weighted by Gasteiger charge is -2.41. The van der Waals surface area contributed by atoms with Crippen LogP contribution >= 0.6 is 24.8 Å². The molecule has 1 saturated heterocycles. The summed E-state index contributed by atoms with van der Waals surface area (Å²) in [5, 5.41) is 3.37. The van der Waals surface area contributed by atoms with Crippen LogP contribution in [0.25, 0.3) is 0 Å². The van der Waals surface area contributed by atoms with Crippen LogP contribution in [0.2, 0.25) is 0 Å². The van der Waals surface area contributed by atoms with E-state index in [1.807, 2.05) is 0 Å². The van der Waals surface area contributed by atoms with Crippen molar-refractivity contribution in [3.8, 4) is 11.5 Å². The highest BCUT2D eigenvalue weighted by atomic mass is 35.5. The highest BCUT2D eigenvalue weighted by Gasteiger charge is 2.34. The molecule has 1 aromatic carbocycles. The first-order valence-corrected chi connectivity index (χ1v) is 9.36. The highest BCUT2D eigenvalue weighted by Crippen LogP contribution is 2.43. The first-order chi connectivity index (χ1) is 12.5. The highest BCUT2D eigenvalue weighted by molar-refractivity contribution is 5.85. The van der Waals surface area contributed by atoms with Gasteiger partial charge in [0.1, 0.15) is 11.5 Å². The van der Waals surface area contributed by atoms with Crippen molar-refractivity contribution in [2.75, 3.05) is 33.3 Å². The molecule has 0 bridgehead atoms. The number of hydrogen-bond donors (Lipinski definition) is 1. The van der Waals surface area contributed by atoms with Crippen molar-refractivity contribution in [2.45, 2.75) is 44.5 Å². The van der Waals surface area contributed by atoms with Crippen LogP contribution in [-0.2, 0) is 0 Å². The summed E-state index contributed by atoms with van der Waals surface area (Å²) in [4.78, 5) is 2.45. The molecule has 3 rings (SSSR count). The first kappa shape index (κ1) is 25.1. The van der Waals surface area contributed by atoms with Crippen LogP contribution in [0.1, 0.15) is 43.7 Å². The van der Waals surface area contributed by atoms with Gasteiger partial charge in [-0.05, 0) is 24.8 Å². The molecule has 9 heteroatoms. The number of benzene rings is 1. The molecule has 1 aliphatic carbocycles. The largest absolute Gasteiger partial charge is 0.573 e. The Hall–Kier alpha value is -0.890. The molecule has 162 valence electrons. The summed E-state index contributed by atoms with van der Waals surface area (Å²) in [6.45, 7) is 3.73. The van der Waals surface area contributed by atoms with E-state index in [-0.39, 0.29) is 36.6 Å². The van der Waals surface area contributed by atoms with Crippen LogP contribution in [0.15, 0.2) is 18.2 Å². The maximum absolute atomic E-state index is 12.5. The fourth-order valence-electron chi connectivity index (χ4n) is 4.29. The molecule has 1 saturated carbocycles.